The van der Waals surface area contributed by atoms with Crippen LogP contribution in [0.5, 0.6) is 0 Å². The van der Waals surface area contributed by atoms with Crippen LogP contribution in [0.25, 0.3) is 0 Å². The van der Waals surface area contributed by atoms with Gasteiger partial charge in [-0.25, -0.2) is 0 Å². The molecule has 0 spiro atoms. The van der Waals surface area contributed by atoms with Crippen LogP contribution in [-0.2, 0) is 4.74 Å². The van der Waals surface area contributed by atoms with Crippen LogP contribution in [-0.4, -0.2) is 6.61 Å². The van der Waals surface area contributed by atoms with Crippen LogP contribution in [0.4, 0.5) is 0 Å². The average molecular weight is 169 g/mol. The van der Waals surface area contributed by atoms with Crippen molar-refractivity contribution in [2.24, 2.45) is 0 Å². The number of rotatable bonds is 1. The van der Waals surface area contributed by atoms with Gasteiger partial charge < -0.3 is 4.74 Å². The Kier molecular flexibility index (Phi) is 1.63. The minimum Gasteiger partial charge on any atom is -0.368 e. The molecule has 1 atom stereocenters. The number of ether oxygens (including phenoxy) is 1. The van der Waals surface area contributed by atoms with E-state index in [0.29, 0.717) is 0 Å². The first-order valence-electron chi connectivity index (χ1n) is 3.65. The average Bonchev–Trinajstić information content (AvgIpc) is 2.70. The molecule has 58 valence electrons. The molecule has 1 saturated heterocycles. The summed E-state index contributed by atoms with van der Waals surface area (Å²) in [5.74, 6) is 0. The van der Waals surface area contributed by atoms with Crippen LogP contribution in [0.2, 0.25) is 5.02 Å². The molecule has 0 radical (unpaired) electrons. The molecule has 0 aliphatic carbocycles. The van der Waals surface area contributed by atoms with Gasteiger partial charge in [0.1, 0.15) is 6.10 Å². The molecular weight excluding hydrogens is 160 g/mol. The molecule has 1 unspecified atom stereocenters. The number of aryl methyl sites for hydroxylation is 1. The van der Waals surface area contributed by atoms with E-state index < -0.39 is 0 Å². The fourth-order valence-electron chi connectivity index (χ4n) is 1.12. The first-order chi connectivity index (χ1) is 5.27. The minimum absolute atomic E-state index is 0.267. The lowest BCUT2D eigenvalue weighted by molar-refractivity contribution is 0.415. The maximum Gasteiger partial charge on any atom is 0.107 e. The van der Waals surface area contributed by atoms with E-state index >= 15 is 0 Å². The van der Waals surface area contributed by atoms with E-state index in [1.165, 1.54) is 5.56 Å². The summed E-state index contributed by atoms with van der Waals surface area (Å²) in [5.41, 5.74) is 2.32. The lowest BCUT2D eigenvalue weighted by Gasteiger charge is -1.99. The predicted octanol–water partition coefficient (Wildman–Crippen LogP) is 2.72. The fraction of sp³-hybridized carbons (Fsp3) is 0.333. The highest BCUT2D eigenvalue weighted by Gasteiger charge is 2.26. The van der Waals surface area contributed by atoms with Crippen molar-refractivity contribution in [2.45, 2.75) is 13.0 Å². The van der Waals surface area contributed by atoms with Crippen molar-refractivity contribution in [3.8, 4) is 0 Å². The second-order valence-corrected chi connectivity index (χ2v) is 3.25. The zero-order valence-corrected chi connectivity index (χ0v) is 7.06. The second-order valence-electron chi connectivity index (χ2n) is 2.85. The topological polar surface area (TPSA) is 12.5 Å². The standard InChI is InChI=1S/C9H9ClO/c1-6-2-3-7(8(10)4-6)9-5-11-9/h2-4,9H,5H2,1H3. The van der Waals surface area contributed by atoms with Crippen molar-refractivity contribution in [3.05, 3.63) is 34.3 Å². The summed E-state index contributed by atoms with van der Waals surface area (Å²) in [5, 5.41) is 0.826. The van der Waals surface area contributed by atoms with E-state index in [4.69, 9.17) is 16.3 Å². The molecule has 1 fully saturated rings. The Morgan fingerprint density at radius 2 is 2.27 bits per heavy atom. The summed E-state index contributed by atoms with van der Waals surface area (Å²) in [6.45, 7) is 2.85. The van der Waals surface area contributed by atoms with Crippen molar-refractivity contribution < 1.29 is 4.74 Å². The van der Waals surface area contributed by atoms with Crippen molar-refractivity contribution in [2.75, 3.05) is 6.61 Å². The highest BCUT2D eigenvalue weighted by Crippen LogP contribution is 2.34. The summed E-state index contributed by atoms with van der Waals surface area (Å²) >= 11 is 5.98. The highest BCUT2D eigenvalue weighted by atomic mass is 35.5. The molecule has 1 aromatic carbocycles. The fourth-order valence-corrected chi connectivity index (χ4v) is 1.48. The van der Waals surface area contributed by atoms with Gasteiger partial charge in [-0.2, -0.15) is 0 Å². The monoisotopic (exact) mass is 168 g/mol. The molecule has 1 aliphatic rings. The summed E-state index contributed by atoms with van der Waals surface area (Å²) in [7, 11) is 0. The SMILES string of the molecule is Cc1ccc(C2CO2)c(Cl)c1. The first-order valence-corrected chi connectivity index (χ1v) is 4.03. The van der Waals surface area contributed by atoms with Gasteiger partial charge in [-0.3, -0.25) is 0 Å². The van der Waals surface area contributed by atoms with Crippen LogP contribution >= 0.6 is 11.6 Å². The van der Waals surface area contributed by atoms with Gasteiger partial charge in [-0.05, 0) is 18.6 Å². The van der Waals surface area contributed by atoms with Crippen LogP contribution < -0.4 is 0 Å². The van der Waals surface area contributed by atoms with Crippen LogP contribution in [0.1, 0.15) is 17.2 Å². The number of epoxide rings is 1. The van der Waals surface area contributed by atoms with Gasteiger partial charge in [-0.1, -0.05) is 23.7 Å². The number of hydrogen-bond acceptors (Lipinski definition) is 1. The molecule has 0 amide bonds. The van der Waals surface area contributed by atoms with Crippen molar-refractivity contribution >= 4 is 11.6 Å². The van der Waals surface area contributed by atoms with Crippen LogP contribution in [0.3, 0.4) is 0 Å². The molecule has 0 aromatic heterocycles. The molecule has 1 heterocycles. The van der Waals surface area contributed by atoms with Gasteiger partial charge >= 0.3 is 0 Å². The Morgan fingerprint density at radius 3 is 2.82 bits per heavy atom. The van der Waals surface area contributed by atoms with Gasteiger partial charge in [0.25, 0.3) is 0 Å². The zero-order valence-electron chi connectivity index (χ0n) is 6.30. The van der Waals surface area contributed by atoms with E-state index in [2.05, 4.69) is 6.07 Å². The third kappa shape index (κ3) is 1.39. The summed E-state index contributed by atoms with van der Waals surface area (Å²) < 4.78 is 5.13. The molecule has 1 aliphatic heterocycles. The molecule has 2 heteroatoms. The van der Waals surface area contributed by atoms with E-state index in [1.807, 2.05) is 19.1 Å². The molecule has 11 heavy (non-hydrogen) atoms. The molecule has 2 rings (SSSR count). The molecular formula is C9H9ClO. The second kappa shape index (κ2) is 2.50. The predicted molar refractivity (Wildman–Crippen MR) is 44.9 cm³/mol. The number of benzene rings is 1. The Hall–Kier alpha value is -0.530. The van der Waals surface area contributed by atoms with Crippen molar-refractivity contribution in [1.82, 2.24) is 0 Å². The third-order valence-electron chi connectivity index (χ3n) is 1.84. The minimum atomic E-state index is 0.267. The lowest BCUT2D eigenvalue weighted by Crippen LogP contribution is -1.82. The molecule has 0 saturated carbocycles. The van der Waals surface area contributed by atoms with Gasteiger partial charge in [0.05, 0.1) is 6.61 Å². The Balaban J connectivity index is 2.39. The third-order valence-corrected chi connectivity index (χ3v) is 2.16. The highest BCUT2D eigenvalue weighted by molar-refractivity contribution is 6.31. The van der Waals surface area contributed by atoms with Gasteiger partial charge in [0.2, 0.25) is 0 Å². The first kappa shape index (κ1) is 7.14. The van der Waals surface area contributed by atoms with Crippen molar-refractivity contribution in [1.29, 1.82) is 0 Å². The lowest BCUT2D eigenvalue weighted by atomic mass is 10.1. The largest absolute Gasteiger partial charge is 0.368 e. The van der Waals surface area contributed by atoms with Gasteiger partial charge in [-0.15, -0.1) is 0 Å². The maximum atomic E-state index is 5.98. The molecule has 0 N–H and O–H groups in total. The quantitative estimate of drug-likeness (QED) is 0.588. The summed E-state index contributed by atoms with van der Waals surface area (Å²) in [6, 6.07) is 6.07. The van der Waals surface area contributed by atoms with Gasteiger partial charge in [0.15, 0.2) is 0 Å². The smallest absolute Gasteiger partial charge is 0.107 e. The summed E-state index contributed by atoms with van der Waals surface area (Å²) in [4.78, 5) is 0. The Morgan fingerprint density at radius 1 is 1.55 bits per heavy atom. The van der Waals surface area contributed by atoms with E-state index in [-0.39, 0.29) is 6.10 Å². The maximum absolute atomic E-state index is 5.98. The van der Waals surface area contributed by atoms with Crippen LogP contribution in [0, 0.1) is 6.92 Å². The molecule has 1 nitrogen and oxygen atoms in total. The number of halogens is 1. The van der Waals surface area contributed by atoms with E-state index in [0.717, 1.165) is 17.2 Å². The Bertz CT molecular complexity index is 279. The van der Waals surface area contributed by atoms with E-state index in [1.54, 1.807) is 0 Å². The molecule has 1 aromatic rings. The summed E-state index contributed by atoms with van der Waals surface area (Å²) in [6.07, 6.45) is 0.267. The zero-order chi connectivity index (χ0) is 7.84. The number of hydrogen-bond donors (Lipinski definition) is 0. The van der Waals surface area contributed by atoms with Gasteiger partial charge in [0, 0.05) is 10.6 Å². The van der Waals surface area contributed by atoms with Crippen molar-refractivity contribution in [3.63, 3.8) is 0 Å². The molecule has 0 bridgehead atoms. The Labute approximate surface area is 70.9 Å². The van der Waals surface area contributed by atoms with E-state index in [9.17, 15) is 0 Å². The normalized spacial score (nSPS) is 21.8. The van der Waals surface area contributed by atoms with Crippen LogP contribution in [0.15, 0.2) is 18.2 Å².